The molecule has 11 atom stereocenters. The van der Waals surface area contributed by atoms with Crippen molar-refractivity contribution in [1.82, 2.24) is 34.4 Å². The van der Waals surface area contributed by atoms with Crippen molar-refractivity contribution in [2.75, 3.05) is 30.9 Å². The highest BCUT2D eigenvalue weighted by atomic mass is 32.7. The minimum Gasteiger partial charge on any atom is -0.382 e. The number of ether oxygens (including phenoxy) is 3. The maximum absolute atomic E-state index is 16.0. The molecule has 0 aromatic carbocycles. The predicted molar refractivity (Wildman–Crippen MR) is 157 cm³/mol. The Morgan fingerprint density at radius 1 is 1.11 bits per heavy atom. The fourth-order valence-corrected chi connectivity index (χ4v) is 9.00. The van der Waals surface area contributed by atoms with Crippen LogP contribution in [0.25, 0.3) is 11.2 Å². The summed E-state index contributed by atoms with van der Waals surface area (Å²) in [4.78, 5) is 40.0. The molecule has 5 aliphatic heterocycles. The van der Waals surface area contributed by atoms with E-state index >= 15 is 4.39 Å². The molecule has 7 N–H and O–H groups in total. The Bertz CT molecular complexity index is 1840. The van der Waals surface area contributed by atoms with Gasteiger partial charge in [-0.05, 0) is 11.8 Å². The molecule has 5 aliphatic rings. The maximum atomic E-state index is 16.0. The lowest BCUT2D eigenvalue weighted by molar-refractivity contribution is -0.182. The number of nitrogens with one attached hydrogen (secondary N) is 2. The summed E-state index contributed by atoms with van der Waals surface area (Å²) in [6.07, 6.45) is -6.59. The molecule has 0 radical (unpaired) electrons. The normalized spacial score (nSPS) is 42.4. The van der Waals surface area contributed by atoms with Crippen LogP contribution in [0.15, 0.2) is 19.0 Å². The molecule has 3 unspecified atom stereocenters. The number of hydrogen-bond donors (Lipinski definition) is 6. The molecular weight excluding hydrogens is 697 g/mol. The maximum Gasteiger partial charge on any atom is 0.386 e. The van der Waals surface area contributed by atoms with Crippen LogP contribution in [0.3, 0.4) is 0 Å². The fraction of sp³-hybridized carbons (Fsp3) is 0.571. The zero-order valence-corrected chi connectivity index (χ0v) is 26.6. The van der Waals surface area contributed by atoms with Crippen molar-refractivity contribution in [1.29, 1.82) is 0 Å². The number of thiol groups is 1. The zero-order valence-electron chi connectivity index (χ0n) is 23.1. The summed E-state index contributed by atoms with van der Waals surface area (Å²) < 4.78 is 73.6. The van der Waals surface area contributed by atoms with Crippen molar-refractivity contribution < 1.29 is 50.9 Å². The van der Waals surface area contributed by atoms with E-state index in [1.807, 2.05) is 0 Å². The Labute approximate surface area is 267 Å². The Hall–Kier alpha value is -2.37. The predicted octanol–water partition coefficient (Wildman–Crippen LogP) is -0.323. The van der Waals surface area contributed by atoms with Crippen molar-refractivity contribution in [3.05, 3.63) is 24.7 Å². The second-order valence-electron chi connectivity index (χ2n) is 11.0. The number of carbonyl (C=O) groups excluding carboxylic acids is 1. The van der Waals surface area contributed by atoms with Crippen molar-refractivity contribution in [2.24, 2.45) is 5.73 Å². The molecule has 1 amide bonds. The van der Waals surface area contributed by atoms with Crippen LogP contribution in [-0.2, 0) is 48.7 Å². The van der Waals surface area contributed by atoms with Crippen LogP contribution in [0.2, 0.25) is 0 Å². The number of nitrogen functional groups attached to an aromatic ring is 1. The lowest BCUT2D eigenvalue weighted by Gasteiger charge is -2.33. The molecule has 4 fully saturated rings. The van der Waals surface area contributed by atoms with E-state index < -0.39 is 87.6 Å². The third-order valence-corrected chi connectivity index (χ3v) is 11.3. The molecule has 4 bridgehead atoms. The van der Waals surface area contributed by atoms with E-state index in [0.29, 0.717) is 11.2 Å². The van der Waals surface area contributed by atoms with Crippen LogP contribution >= 0.6 is 25.8 Å². The van der Waals surface area contributed by atoms with E-state index in [0.717, 1.165) is 0 Å². The van der Waals surface area contributed by atoms with Crippen LogP contribution in [0.1, 0.15) is 22.9 Å². The van der Waals surface area contributed by atoms with Gasteiger partial charge in [-0.3, -0.25) is 33.2 Å². The minimum atomic E-state index is -4.42. The molecule has 8 heterocycles. The van der Waals surface area contributed by atoms with Crippen molar-refractivity contribution in [3.8, 4) is 0 Å². The highest BCUT2D eigenvalue weighted by molar-refractivity contribution is 8.44. The quantitative estimate of drug-likeness (QED) is 0.146. The van der Waals surface area contributed by atoms with Gasteiger partial charge in [0.2, 0.25) is 0 Å². The lowest BCUT2D eigenvalue weighted by atomic mass is 10.0. The average Bonchev–Trinajstić information content (AvgIpc) is 3.80. The van der Waals surface area contributed by atoms with Crippen LogP contribution in [0.4, 0.5) is 16.0 Å². The number of hydrogen-bond acceptors (Lipinski definition) is 17. The van der Waals surface area contributed by atoms with Gasteiger partial charge >= 0.3 is 13.5 Å². The summed E-state index contributed by atoms with van der Waals surface area (Å²) >= 11 is 9.44. The number of alkyl halides is 1. The first-order valence-electron chi connectivity index (χ1n) is 13.6. The molecule has 3 aromatic rings. The second-order valence-corrected chi connectivity index (χ2v) is 16.7. The first-order valence-corrected chi connectivity index (χ1v) is 18.9. The van der Waals surface area contributed by atoms with E-state index in [9.17, 15) is 14.3 Å². The number of rotatable bonds is 2. The van der Waals surface area contributed by atoms with Gasteiger partial charge in [-0.2, -0.15) is 0 Å². The largest absolute Gasteiger partial charge is 0.386 e. The highest BCUT2D eigenvalue weighted by Crippen LogP contribution is 2.61. The number of aromatic nitrogens is 6. The molecule has 0 saturated carbocycles. The summed E-state index contributed by atoms with van der Waals surface area (Å²) in [5.41, 5.74) is 10.8. The Morgan fingerprint density at radius 2 is 1.91 bits per heavy atom. The van der Waals surface area contributed by atoms with Crippen LogP contribution in [-0.4, -0.2) is 102 Å². The summed E-state index contributed by atoms with van der Waals surface area (Å²) in [5, 5.41) is 5.26. The Balaban J connectivity index is 1.12. The van der Waals surface area contributed by atoms with Crippen LogP contribution < -0.4 is 22.1 Å². The summed E-state index contributed by atoms with van der Waals surface area (Å²) in [5.74, 6) is -0.355. The van der Waals surface area contributed by atoms with E-state index in [4.69, 9.17) is 55.6 Å². The molecule has 3 aromatic heterocycles. The molecular formula is C21H25FN10O10P2S2. The average molecular weight is 723 g/mol. The summed E-state index contributed by atoms with van der Waals surface area (Å²) in [6.45, 7) is -9.86. The van der Waals surface area contributed by atoms with Gasteiger partial charge in [-0.25, -0.2) is 28.9 Å². The summed E-state index contributed by atoms with van der Waals surface area (Å²) in [7, 11) is 0. The van der Waals surface area contributed by atoms with E-state index in [1.54, 1.807) is 0 Å². The van der Waals surface area contributed by atoms with Gasteiger partial charge in [0.15, 0.2) is 42.1 Å². The van der Waals surface area contributed by atoms with Crippen LogP contribution in [0, 0.1) is 0 Å². The van der Waals surface area contributed by atoms with Gasteiger partial charge < -0.3 is 40.0 Å². The van der Waals surface area contributed by atoms with Crippen molar-refractivity contribution >= 4 is 66.3 Å². The van der Waals surface area contributed by atoms with E-state index in [1.165, 1.54) is 28.1 Å². The first kappa shape index (κ1) is 30.9. The third kappa shape index (κ3) is 4.97. The summed E-state index contributed by atoms with van der Waals surface area (Å²) in [6, 6.07) is 0. The Kier molecular flexibility index (Phi) is 7.28. The third-order valence-electron chi connectivity index (χ3n) is 8.14. The molecule has 0 spiro atoms. The number of anilines is 2. The highest BCUT2D eigenvalue weighted by Gasteiger charge is 2.65. The van der Waals surface area contributed by atoms with E-state index in [2.05, 4.69) is 42.8 Å². The number of nitrogens with zero attached hydrogens (tertiary/aromatic N) is 6. The van der Waals surface area contributed by atoms with Crippen molar-refractivity contribution in [2.45, 2.75) is 54.9 Å². The number of fused-ring (bicyclic) bond motifs is 4. The second kappa shape index (κ2) is 10.8. The van der Waals surface area contributed by atoms with Gasteiger partial charge in [0, 0.05) is 0 Å². The van der Waals surface area contributed by atoms with Gasteiger partial charge in [0.05, 0.1) is 32.5 Å². The number of halogens is 1. The first-order chi connectivity index (χ1) is 21.8. The minimum absolute atomic E-state index is 0.0492. The molecule has 0 aliphatic carbocycles. The smallest absolute Gasteiger partial charge is 0.382 e. The van der Waals surface area contributed by atoms with Gasteiger partial charge in [-0.15, -0.1) is 0 Å². The molecule has 25 heteroatoms. The number of nitrogens with two attached hydrogens (primary N) is 2. The van der Waals surface area contributed by atoms with Gasteiger partial charge in [-0.1, -0.05) is 12.2 Å². The topological polar surface area (TPSA) is 257 Å². The fourth-order valence-electron chi connectivity index (χ4n) is 6.07. The van der Waals surface area contributed by atoms with Crippen LogP contribution in [0.5, 0.6) is 0 Å². The van der Waals surface area contributed by atoms with Crippen molar-refractivity contribution in [3.63, 3.8) is 0 Å². The number of amides is 1. The Morgan fingerprint density at radius 3 is 2.74 bits per heavy atom. The molecule has 20 nitrogen and oxygen atoms in total. The zero-order chi connectivity index (χ0) is 32.2. The monoisotopic (exact) mass is 722 g/mol. The van der Waals surface area contributed by atoms with Gasteiger partial charge in [0.25, 0.3) is 5.91 Å². The SMILES string of the molecule is Nc1ncnc2c1ncn2[C@@H]1O[C@@]23CO[C@@H]1[C@@H]2OP(O)(=S)OC[C@H]1O[C@@H](n2cnc4c2NC(N)NC4=O)[C@H](OP(=O)(S)OC3)[C@@H]1F. The number of carbonyl (C=O) groups is 1. The number of imidazole rings is 2. The standard InChI is InChI=1S/C21H25FN10O10P2S2/c22-8-7-1-37-43(34,45)42-13-12-19(31-5-27-9-14(23)25-4-26-15(9)31)40-21(13,2-36-12)3-38-44(35,46)41-11(8)18(39-7)32-6-28-10-16(32)29-20(24)30-17(10)33/h4-8,11-13,18-20,29H,1-3,24H2,(H,30,33)(H,34,45)(H,35,46)(H2,23,25,26)/t7-,8-,11-,12-,13+,18-,19-,20?,21-,43?,44?/m1/s1. The van der Waals surface area contributed by atoms with Gasteiger partial charge in [0.1, 0.15) is 47.7 Å². The molecule has 4 saturated heterocycles. The van der Waals surface area contributed by atoms with E-state index in [-0.39, 0.29) is 23.9 Å². The molecule has 46 heavy (non-hydrogen) atoms. The lowest BCUT2D eigenvalue weighted by Crippen LogP contribution is -2.51. The molecule has 248 valence electrons. The molecule has 8 rings (SSSR count).